The van der Waals surface area contributed by atoms with Crippen LogP contribution >= 0.6 is 0 Å². The molecule has 0 saturated carbocycles. The number of hydrogen-bond acceptors (Lipinski definition) is 4. The van der Waals surface area contributed by atoms with Crippen molar-refractivity contribution in [1.82, 2.24) is 9.80 Å². The highest BCUT2D eigenvalue weighted by molar-refractivity contribution is 5.37. The van der Waals surface area contributed by atoms with Gasteiger partial charge in [0.25, 0.3) is 0 Å². The van der Waals surface area contributed by atoms with Gasteiger partial charge in [0.2, 0.25) is 0 Å². The Kier molecular flexibility index (Phi) is 6.94. The summed E-state index contributed by atoms with van der Waals surface area (Å²) < 4.78 is 11.3. The Morgan fingerprint density at radius 1 is 1.04 bits per heavy atom. The standard InChI is InChI=1S/C20H32N2O2/c1-2-24-20-8-7-18(6-5-11-21-12-14-23-15-13-21)16-19(20)17-22-9-3-4-10-22/h7-8,16H,2-6,9-15,17H2,1H3. The van der Waals surface area contributed by atoms with E-state index in [4.69, 9.17) is 9.47 Å². The largest absolute Gasteiger partial charge is 0.494 e. The van der Waals surface area contributed by atoms with E-state index in [1.54, 1.807) is 0 Å². The van der Waals surface area contributed by atoms with Crippen LogP contribution in [0.5, 0.6) is 5.75 Å². The summed E-state index contributed by atoms with van der Waals surface area (Å²) in [7, 11) is 0. The van der Waals surface area contributed by atoms with Crippen LogP contribution in [0.25, 0.3) is 0 Å². The zero-order chi connectivity index (χ0) is 16.6. The quantitative estimate of drug-likeness (QED) is 0.731. The summed E-state index contributed by atoms with van der Waals surface area (Å²) >= 11 is 0. The number of benzene rings is 1. The van der Waals surface area contributed by atoms with Crippen LogP contribution in [-0.2, 0) is 17.7 Å². The van der Waals surface area contributed by atoms with Crippen LogP contribution in [0, 0.1) is 0 Å². The Morgan fingerprint density at radius 2 is 1.83 bits per heavy atom. The molecule has 0 atom stereocenters. The third kappa shape index (κ3) is 5.20. The first-order valence-electron chi connectivity index (χ1n) is 9.62. The van der Waals surface area contributed by atoms with Crippen molar-refractivity contribution in [3.05, 3.63) is 29.3 Å². The average Bonchev–Trinajstić information content (AvgIpc) is 3.11. The number of likely N-dealkylation sites (tertiary alicyclic amines) is 1. The van der Waals surface area contributed by atoms with Crippen LogP contribution in [0.15, 0.2) is 18.2 Å². The Balaban J connectivity index is 1.55. The van der Waals surface area contributed by atoms with Crippen molar-refractivity contribution in [3.8, 4) is 5.75 Å². The molecule has 0 spiro atoms. The van der Waals surface area contributed by atoms with Crippen molar-refractivity contribution < 1.29 is 9.47 Å². The molecule has 24 heavy (non-hydrogen) atoms. The summed E-state index contributed by atoms with van der Waals surface area (Å²) in [5, 5.41) is 0. The lowest BCUT2D eigenvalue weighted by Gasteiger charge is -2.26. The third-order valence-electron chi connectivity index (χ3n) is 5.06. The summed E-state index contributed by atoms with van der Waals surface area (Å²) in [5.74, 6) is 1.07. The van der Waals surface area contributed by atoms with Crippen LogP contribution in [0.3, 0.4) is 0 Å². The highest BCUT2D eigenvalue weighted by atomic mass is 16.5. The van der Waals surface area contributed by atoms with Crippen LogP contribution in [0.2, 0.25) is 0 Å². The van der Waals surface area contributed by atoms with E-state index in [1.807, 2.05) is 0 Å². The molecule has 2 aliphatic heterocycles. The molecular formula is C20H32N2O2. The lowest BCUT2D eigenvalue weighted by molar-refractivity contribution is 0.0374. The minimum atomic E-state index is 0.739. The van der Waals surface area contributed by atoms with Gasteiger partial charge in [0, 0.05) is 25.2 Å². The first kappa shape index (κ1) is 17.7. The maximum Gasteiger partial charge on any atom is 0.123 e. The average molecular weight is 332 g/mol. The van der Waals surface area contributed by atoms with Crippen molar-refractivity contribution >= 4 is 0 Å². The Hall–Kier alpha value is -1.10. The second-order valence-electron chi connectivity index (χ2n) is 6.92. The molecule has 0 radical (unpaired) electrons. The minimum Gasteiger partial charge on any atom is -0.494 e. The Labute approximate surface area is 146 Å². The Bertz CT molecular complexity index is 494. The summed E-state index contributed by atoms with van der Waals surface area (Å²) in [6.45, 7) is 11.4. The topological polar surface area (TPSA) is 24.9 Å². The normalized spacial score (nSPS) is 19.7. The van der Waals surface area contributed by atoms with Crippen molar-refractivity contribution in [3.63, 3.8) is 0 Å². The molecule has 2 fully saturated rings. The fourth-order valence-electron chi connectivity index (χ4n) is 3.72. The van der Waals surface area contributed by atoms with Gasteiger partial charge < -0.3 is 9.47 Å². The number of morpholine rings is 1. The smallest absolute Gasteiger partial charge is 0.123 e. The zero-order valence-electron chi connectivity index (χ0n) is 15.1. The predicted octanol–water partition coefficient (Wildman–Crippen LogP) is 2.95. The van der Waals surface area contributed by atoms with Crippen LogP contribution in [0.1, 0.15) is 37.3 Å². The molecule has 2 saturated heterocycles. The van der Waals surface area contributed by atoms with Crippen molar-refractivity contribution in [2.24, 2.45) is 0 Å². The molecule has 0 aliphatic carbocycles. The molecule has 3 rings (SSSR count). The van der Waals surface area contributed by atoms with Crippen LogP contribution in [0.4, 0.5) is 0 Å². The van der Waals surface area contributed by atoms with E-state index < -0.39 is 0 Å². The molecule has 0 amide bonds. The molecule has 2 aliphatic rings. The molecule has 1 aromatic carbocycles. The number of nitrogens with zero attached hydrogens (tertiary/aromatic N) is 2. The predicted molar refractivity (Wildman–Crippen MR) is 97.7 cm³/mol. The first-order valence-corrected chi connectivity index (χ1v) is 9.62. The number of ether oxygens (including phenoxy) is 2. The minimum absolute atomic E-state index is 0.739. The summed E-state index contributed by atoms with van der Waals surface area (Å²) in [6.07, 6.45) is 5.04. The van der Waals surface area contributed by atoms with E-state index in [9.17, 15) is 0 Å². The summed E-state index contributed by atoms with van der Waals surface area (Å²) in [6, 6.07) is 6.80. The molecule has 0 aromatic heterocycles. The molecule has 2 heterocycles. The first-order chi connectivity index (χ1) is 11.8. The molecular weight excluding hydrogens is 300 g/mol. The molecule has 4 heteroatoms. The molecule has 0 unspecified atom stereocenters. The van der Waals surface area contributed by atoms with Crippen molar-refractivity contribution in [1.29, 1.82) is 0 Å². The highest BCUT2D eigenvalue weighted by Gasteiger charge is 2.15. The zero-order valence-corrected chi connectivity index (χ0v) is 15.1. The van der Waals surface area contributed by atoms with Gasteiger partial charge in [0.05, 0.1) is 19.8 Å². The van der Waals surface area contributed by atoms with Crippen LogP contribution < -0.4 is 4.74 Å². The summed E-state index contributed by atoms with van der Waals surface area (Å²) in [4.78, 5) is 5.07. The maximum absolute atomic E-state index is 5.85. The fourth-order valence-corrected chi connectivity index (χ4v) is 3.72. The van der Waals surface area contributed by atoms with Gasteiger partial charge in [-0.1, -0.05) is 12.1 Å². The van der Waals surface area contributed by atoms with Gasteiger partial charge in [-0.25, -0.2) is 0 Å². The van der Waals surface area contributed by atoms with Gasteiger partial charge in [-0.2, -0.15) is 0 Å². The van der Waals surface area contributed by atoms with E-state index in [2.05, 4.69) is 34.9 Å². The lowest BCUT2D eigenvalue weighted by atomic mass is 10.0. The van der Waals surface area contributed by atoms with E-state index in [1.165, 1.54) is 50.0 Å². The highest BCUT2D eigenvalue weighted by Crippen LogP contribution is 2.24. The molecule has 1 aromatic rings. The van der Waals surface area contributed by atoms with Crippen LogP contribution in [-0.4, -0.2) is 62.3 Å². The molecule has 4 nitrogen and oxygen atoms in total. The molecule has 0 N–H and O–H groups in total. The SMILES string of the molecule is CCOc1ccc(CCCN2CCOCC2)cc1CN1CCCC1. The number of hydrogen-bond donors (Lipinski definition) is 0. The van der Waals surface area contributed by atoms with E-state index in [-0.39, 0.29) is 0 Å². The maximum atomic E-state index is 5.85. The van der Waals surface area contributed by atoms with Crippen molar-refractivity contribution in [2.45, 2.75) is 39.2 Å². The second-order valence-corrected chi connectivity index (χ2v) is 6.92. The van der Waals surface area contributed by atoms with E-state index in [0.717, 1.165) is 51.6 Å². The monoisotopic (exact) mass is 332 g/mol. The third-order valence-corrected chi connectivity index (χ3v) is 5.06. The van der Waals surface area contributed by atoms with Gasteiger partial charge in [-0.3, -0.25) is 9.80 Å². The van der Waals surface area contributed by atoms with Gasteiger partial charge in [-0.15, -0.1) is 0 Å². The molecule has 134 valence electrons. The number of aryl methyl sites for hydroxylation is 1. The van der Waals surface area contributed by atoms with Crippen molar-refractivity contribution in [2.75, 3.05) is 52.5 Å². The Morgan fingerprint density at radius 3 is 2.58 bits per heavy atom. The van der Waals surface area contributed by atoms with E-state index >= 15 is 0 Å². The van der Waals surface area contributed by atoms with E-state index in [0.29, 0.717) is 0 Å². The van der Waals surface area contributed by atoms with Gasteiger partial charge in [0.1, 0.15) is 5.75 Å². The second kappa shape index (κ2) is 9.40. The fraction of sp³-hybridized carbons (Fsp3) is 0.700. The summed E-state index contributed by atoms with van der Waals surface area (Å²) in [5.41, 5.74) is 2.81. The van der Waals surface area contributed by atoms with Gasteiger partial charge >= 0.3 is 0 Å². The lowest BCUT2D eigenvalue weighted by Crippen LogP contribution is -2.36. The van der Waals surface area contributed by atoms with Gasteiger partial charge in [-0.05, 0) is 63.9 Å². The number of rotatable bonds is 8. The van der Waals surface area contributed by atoms with Gasteiger partial charge in [0.15, 0.2) is 0 Å². The molecule has 0 bridgehead atoms.